The molecule has 0 radical (unpaired) electrons. The molecule has 0 aliphatic heterocycles. The first-order valence-electron chi connectivity index (χ1n) is 6.14. The Bertz CT molecular complexity index is 495. The highest BCUT2D eigenvalue weighted by Crippen LogP contribution is 2.25. The fourth-order valence-corrected chi connectivity index (χ4v) is 2.22. The SMILES string of the molecule is O=C(Nc1cc(Cl)ccc1Cl)ON=C1CCCCC1. The summed E-state index contributed by atoms with van der Waals surface area (Å²) in [5.74, 6) is 0. The van der Waals surface area contributed by atoms with Crippen molar-refractivity contribution in [3.63, 3.8) is 0 Å². The lowest BCUT2D eigenvalue weighted by atomic mass is 9.99. The second-order valence-electron chi connectivity index (χ2n) is 4.35. The summed E-state index contributed by atoms with van der Waals surface area (Å²) in [6.45, 7) is 0. The molecule has 19 heavy (non-hydrogen) atoms. The minimum absolute atomic E-state index is 0.395. The van der Waals surface area contributed by atoms with Crippen LogP contribution in [-0.2, 0) is 4.84 Å². The first-order chi connectivity index (χ1) is 9.15. The third kappa shape index (κ3) is 4.40. The Hall–Kier alpha value is -1.26. The number of benzene rings is 1. The zero-order valence-corrected chi connectivity index (χ0v) is 11.8. The van der Waals surface area contributed by atoms with Crippen LogP contribution in [0.25, 0.3) is 0 Å². The van der Waals surface area contributed by atoms with Crippen LogP contribution in [0.2, 0.25) is 10.0 Å². The Labute approximate surface area is 121 Å². The second kappa shape index (κ2) is 6.78. The standard InChI is InChI=1S/C13H14Cl2N2O2/c14-9-6-7-11(15)12(8-9)16-13(18)19-17-10-4-2-1-3-5-10/h6-8H,1-5H2,(H,16,18). The molecule has 102 valence electrons. The van der Waals surface area contributed by atoms with Crippen molar-refractivity contribution in [2.24, 2.45) is 5.16 Å². The van der Waals surface area contributed by atoms with Crippen molar-refractivity contribution in [2.75, 3.05) is 5.32 Å². The molecular formula is C13H14Cl2N2O2. The van der Waals surface area contributed by atoms with Crippen molar-refractivity contribution in [3.8, 4) is 0 Å². The highest BCUT2D eigenvalue weighted by Gasteiger charge is 2.10. The minimum atomic E-state index is -0.665. The van der Waals surface area contributed by atoms with E-state index in [-0.39, 0.29) is 0 Å². The predicted octanol–water partition coefficient (Wildman–Crippen LogP) is 4.86. The average molecular weight is 301 g/mol. The van der Waals surface area contributed by atoms with Crippen LogP contribution < -0.4 is 5.32 Å². The molecule has 1 aromatic rings. The summed E-state index contributed by atoms with van der Waals surface area (Å²) in [4.78, 5) is 16.4. The summed E-state index contributed by atoms with van der Waals surface area (Å²) in [5, 5.41) is 7.25. The first-order valence-corrected chi connectivity index (χ1v) is 6.89. The summed E-state index contributed by atoms with van der Waals surface area (Å²) in [6.07, 6.45) is 4.54. The Morgan fingerprint density at radius 1 is 1.21 bits per heavy atom. The Morgan fingerprint density at radius 3 is 2.68 bits per heavy atom. The number of carbonyl (C=O) groups is 1. The number of halogens is 2. The number of rotatable bonds is 2. The average Bonchev–Trinajstić information content (AvgIpc) is 2.42. The predicted molar refractivity (Wildman–Crippen MR) is 77.1 cm³/mol. The second-order valence-corrected chi connectivity index (χ2v) is 5.19. The Kier molecular flexibility index (Phi) is 5.05. The topological polar surface area (TPSA) is 50.7 Å². The van der Waals surface area contributed by atoms with E-state index in [2.05, 4.69) is 10.5 Å². The van der Waals surface area contributed by atoms with Crippen molar-refractivity contribution in [2.45, 2.75) is 32.1 Å². The number of hydrogen-bond acceptors (Lipinski definition) is 3. The van der Waals surface area contributed by atoms with Gasteiger partial charge in [-0.25, -0.2) is 4.79 Å². The normalized spacial score (nSPS) is 14.9. The van der Waals surface area contributed by atoms with Gasteiger partial charge in [0.2, 0.25) is 0 Å². The van der Waals surface area contributed by atoms with Crippen molar-refractivity contribution in [3.05, 3.63) is 28.2 Å². The molecule has 1 fully saturated rings. The van der Waals surface area contributed by atoms with Gasteiger partial charge in [-0.05, 0) is 43.9 Å². The fourth-order valence-electron chi connectivity index (χ4n) is 1.88. The van der Waals surface area contributed by atoms with E-state index in [0.29, 0.717) is 15.7 Å². The number of nitrogens with one attached hydrogen (secondary N) is 1. The van der Waals surface area contributed by atoms with E-state index in [4.69, 9.17) is 28.0 Å². The molecule has 1 saturated carbocycles. The van der Waals surface area contributed by atoms with Crippen LogP contribution in [-0.4, -0.2) is 11.8 Å². The molecule has 1 aromatic carbocycles. The molecule has 2 rings (SSSR count). The van der Waals surface area contributed by atoms with E-state index in [1.54, 1.807) is 18.2 Å². The summed E-state index contributed by atoms with van der Waals surface area (Å²) < 4.78 is 0. The van der Waals surface area contributed by atoms with Crippen LogP contribution in [0.4, 0.5) is 10.5 Å². The largest absolute Gasteiger partial charge is 0.437 e. The molecular weight excluding hydrogens is 287 g/mol. The third-order valence-corrected chi connectivity index (χ3v) is 3.42. The molecule has 1 aliphatic rings. The molecule has 0 bridgehead atoms. The van der Waals surface area contributed by atoms with E-state index in [0.717, 1.165) is 31.4 Å². The van der Waals surface area contributed by atoms with Crippen LogP contribution in [0.1, 0.15) is 32.1 Å². The lowest BCUT2D eigenvalue weighted by molar-refractivity contribution is 0.165. The van der Waals surface area contributed by atoms with Crippen LogP contribution in [0, 0.1) is 0 Å². The van der Waals surface area contributed by atoms with Crippen molar-refractivity contribution in [1.82, 2.24) is 0 Å². The van der Waals surface area contributed by atoms with Gasteiger partial charge in [-0.3, -0.25) is 10.2 Å². The number of amides is 1. The lowest BCUT2D eigenvalue weighted by Crippen LogP contribution is -2.13. The first kappa shape index (κ1) is 14.2. The van der Waals surface area contributed by atoms with Gasteiger partial charge < -0.3 is 0 Å². The monoisotopic (exact) mass is 300 g/mol. The number of carbonyl (C=O) groups excluding carboxylic acids is 1. The van der Waals surface area contributed by atoms with Gasteiger partial charge in [0.25, 0.3) is 0 Å². The molecule has 0 aromatic heterocycles. The molecule has 0 saturated heterocycles. The van der Waals surface area contributed by atoms with Gasteiger partial charge in [-0.1, -0.05) is 34.8 Å². The molecule has 1 N–H and O–H groups in total. The lowest BCUT2D eigenvalue weighted by Gasteiger charge is -2.11. The van der Waals surface area contributed by atoms with Gasteiger partial charge >= 0.3 is 6.09 Å². The molecule has 6 heteroatoms. The maximum absolute atomic E-state index is 11.6. The molecule has 1 aliphatic carbocycles. The molecule has 0 unspecified atom stereocenters. The molecule has 0 heterocycles. The van der Waals surface area contributed by atoms with Gasteiger partial charge in [0.1, 0.15) is 0 Å². The highest BCUT2D eigenvalue weighted by molar-refractivity contribution is 6.35. The maximum Gasteiger partial charge on any atom is 0.437 e. The smallest absolute Gasteiger partial charge is 0.298 e. The van der Waals surface area contributed by atoms with Crippen LogP contribution in [0.3, 0.4) is 0 Å². The third-order valence-electron chi connectivity index (χ3n) is 2.85. The zero-order chi connectivity index (χ0) is 13.7. The van der Waals surface area contributed by atoms with Gasteiger partial charge in [-0.15, -0.1) is 0 Å². The van der Waals surface area contributed by atoms with E-state index in [9.17, 15) is 4.79 Å². The number of anilines is 1. The Balaban J connectivity index is 1.92. The van der Waals surface area contributed by atoms with E-state index in [1.165, 1.54) is 6.42 Å². The van der Waals surface area contributed by atoms with Gasteiger partial charge in [0.05, 0.1) is 16.4 Å². The Morgan fingerprint density at radius 2 is 1.95 bits per heavy atom. The van der Waals surface area contributed by atoms with E-state index < -0.39 is 6.09 Å². The van der Waals surface area contributed by atoms with Gasteiger partial charge in [0.15, 0.2) is 0 Å². The maximum atomic E-state index is 11.6. The summed E-state index contributed by atoms with van der Waals surface area (Å²) in [7, 11) is 0. The number of hydrogen-bond donors (Lipinski definition) is 1. The molecule has 0 atom stereocenters. The molecule has 1 amide bonds. The molecule has 4 nitrogen and oxygen atoms in total. The van der Waals surface area contributed by atoms with Gasteiger partial charge in [-0.2, -0.15) is 0 Å². The summed E-state index contributed by atoms with van der Waals surface area (Å²) >= 11 is 11.7. The van der Waals surface area contributed by atoms with E-state index >= 15 is 0 Å². The van der Waals surface area contributed by atoms with Crippen LogP contribution >= 0.6 is 23.2 Å². The van der Waals surface area contributed by atoms with Crippen molar-refractivity contribution in [1.29, 1.82) is 0 Å². The number of oxime groups is 1. The zero-order valence-electron chi connectivity index (χ0n) is 10.3. The number of nitrogens with zero attached hydrogens (tertiary/aromatic N) is 1. The fraction of sp³-hybridized carbons (Fsp3) is 0.385. The van der Waals surface area contributed by atoms with Crippen molar-refractivity contribution >= 4 is 40.7 Å². The highest BCUT2D eigenvalue weighted by atomic mass is 35.5. The van der Waals surface area contributed by atoms with Crippen molar-refractivity contribution < 1.29 is 9.63 Å². The molecule has 0 spiro atoms. The van der Waals surface area contributed by atoms with E-state index in [1.807, 2.05) is 0 Å². The van der Waals surface area contributed by atoms with Crippen LogP contribution in [0.15, 0.2) is 23.4 Å². The quantitative estimate of drug-likeness (QED) is 0.626. The summed E-state index contributed by atoms with van der Waals surface area (Å²) in [6, 6.07) is 4.80. The van der Waals surface area contributed by atoms with Crippen LogP contribution in [0.5, 0.6) is 0 Å². The van der Waals surface area contributed by atoms with Gasteiger partial charge in [0, 0.05) is 5.02 Å². The minimum Gasteiger partial charge on any atom is -0.298 e. The summed E-state index contributed by atoms with van der Waals surface area (Å²) in [5.41, 5.74) is 1.33.